The van der Waals surface area contributed by atoms with E-state index in [0.717, 1.165) is 11.1 Å². The third-order valence-corrected chi connectivity index (χ3v) is 5.42. The zero-order chi connectivity index (χ0) is 21.3. The summed E-state index contributed by atoms with van der Waals surface area (Å²) in [5.41, 5.74) is 3.03. The van der Waals surface area contributed by atoms with Gasteiger partial charge in [-0.25, -0.2) is 4.79 Å². The van der Waals surface area contributed by atoms with Crippen LogP contribution in [0.5, 0.6) is 17.2 Å². The molecule has 29 heavy (non-hydrogen) atoms. The minimum absolute atomic E-state index is 0.132. The van der Waals surface area contributed by atoms with Crippen molar-refractivity contribution in [3.63, 3.8) is 0 Å². The number of fused-ring (bicyclic) bond motifs is 3. The van der Waals surface area contributed by atoms with E-state index in [1.807, 2.05) is 0 Å². The molecule has 0 unspecified atom stereocenters. The summed E-state index contributed by atoms with van der Waals surface area (Å²) in [4.78, 5) is 23.3. The van der Waals surface area contributed by atoms with Crippen molar-refractivity contribution in [2.75, 3.05) is 21.3 Å². The maximum Gasteiger partial charge on any atom is 0.335 e. The van der Waals surface area contributed by atoms with Crippen LogP contribution in [0.1, 0.15) is 40.9 Å². The second-order valence-corrected chi connectivity index (χ2v) is 7.04. The summed E-state index contributed by atoms with van der Waals surface area (Å²) in [5, 5.41) is 12.8. The Morgan fingerprint density at radius 3 is 2.31 bits per heavy atom. The number of rotatable bonds is 5. The van der Waals surface area contributed by atoms with Crippen molar-refractivity contribution in [1.29, 1.82) is 0 Å². The predicted octanol–water partition coefficient (Wildman–Crippen LogP) is 3.85. The van der Waals surface area contributed by atoms with Crippen LogP contribution in [0.4, 0.5) is 0 Å². The topological polar surface area (TPSA) is 94.1 Å². The van der Waals surface area contributed by atoms with Crippen molar-refractivity contribution in [2.24, 2.45) is 0 Å². The third-order valence-electron chi connectivity index (χ3n) is 5.02. The van der Waals surface area contributed by atoms with E-state index in [1.54, 1.807) is 12.1 Å². The summed E-state index contributed by atoms with van der Waals surface area (Å²) in [5.74, 6) is -0.0926. The van der Waals surface area contributed by atoms with Gasteiger partial charge in [0, 0.05) is 12.5 Å². The van der Waals surface area contributed by atoms with Crippen molar-refractivity contribution in [1.82, 2.24) is 5.32 Å². The first kappa shape index (κ1) is 20.8. The molecule has 2 N–H and O–H groups in total. The highest BCUT2D eigenvalue weighted by molar-refractivity contribution is 6.34. The van der Waals surface area contributed by atoms with E-state index in [4.69, 9.17) is 25.8 Å². The average molecular weight is 420 g/mol. The molecule has 0 heterocycles. The molecule has 0 aromatic heterocycles. The van der Waals surface area contributed by atoms with Gasteiger partial charge in [0.25, 0.3) is 0 Å². The molecule has 8 heteroatoms. The summed E-state index contributed by atoms with van der Waals surface area (Å²) < 4.78 is 16.6. The molecule has 2 aromatic carbocycles. The Kier molecular flexibility index (Phi) is 5.88. The zero-order valence-corrected chi connectivity index (χ0v) is 17.3. The molecule has 1 aliphatic rings. The number of carbonyl (C=O) groups is 2. The smallest absolute Gasteiger partial charge is 0.335 e. The molecule has 2 aromatic rings. The van der Waals surface area contributed by atoms with Crippen LogP contribution in [0.15, 0.2) is 18.2 Å². The van der Waals surface area contributed by atoms with Gasteiger partial charge >= 0.3 is 5.97 Å². The minimum Gasteiger partial charge on any atom is -0.492 e. The van der Waals surface area contributed by atoms with Gasteiger partial charge in [0.2, 0.25) is 11.7 Å². The molecule has 0 saturated carbocycles. The van der Waals surface area contributed by atoms with Gasteiger partial charge in [-0.1, -0.05) is 17.7 Å². The molecule has 0 spiro atoms. The van der Waals surface area contributed by atoms with Gasteiger partial charge in [0.05, 0.1) is 38.0 Å². The van der Waals surface area contributed by atoms with Gasteiger partial charge < -0.3 is 24.6 Å². The van der Waals surface area contributed by atoms with Crippen LogP contribution >= 0.6 is 11.6 Å². The molecule has 0 saturated heterocycles. The van der Waals surface area contributed by atoms with Gasteiger partial charge in [0.15, 0.2) is 11.5 Å². The van der Waals surface area contributed by atoms with E-state index in [2.05, 4.69) is 5.32 Å². The van der Waals surface area contributed by atoms with E-state index in [-0.39, 0.29) is 17.5 Å². The van der Waals surface area contributed by atoms with Crippen LogP contribution in [-0.2, 0) is 11.2 Å². The van der Waals surface area contributed by atoms with Crippen molar-refractivity contribution in [2.45, 2.75) is 25.8 Å². The van der Waals surface area contributed by atoms with Gasteiger partial charge in [-0.3, -0.25) is 4.79 Å². The van der Waals surface area contributed by atoms with E-state index < -0.39 is 5.97 Å². The first-order valence-corrected chi connectivity index (χ1v) is 9.36. The average Bonchev–Trinajstić information content (AvgIpc) is 2.84. The first-order valence-electron chi connectivity index (χ1n) is 8.99. The van der Waals surface area contributed by atoms with Crippen molar-refractivity contribution in [3.8, 4) is 28.4 Å². The zero-order valence-electron chi connectivity index (χ0n) is 16.6. The number of aromatic carboxylic acids is 1. The molecule has 1 amide bonds. The molecule has 154 valence electrons. The maximum absolute atomic E-state index is 11.8. The summed E-state index contributed by atoms with van der Waals surface area (Å²) in [6, 6.07) is 4.43. The van der Waals surface area contributed by atoms with E-state index in [1.165, 1.54) is 34.3 Å². The quantitative estimate of drug-likeness (QED) is 0.764. The van der Waals surface area contributed by atoms with Gasteiger partial charge in [-0.15, -0.1) is 0 Å². The van der Waals surface area contributed by atoms with Gasteiger partial charge in [-0.2, -0.15) is 0 Å². The second-order valence-electron chi connectivity index (χ2n) is 6.67. The SMILES string of the molecule is COc1c(Cl)c2c(c(OC)c1OC)-c1ccc(C(=O)O)cc1[C@@H](NC(C)=O)CC2. The number of carboxylic acids is 1. The molecule has 7 nitrogen and oxygen atoms in total. The fourth-order valence-electron chi connectivity index (χ4n) is 3.83. The fraction of sp³-hybridized carbons (Fsp3) is 0.333. The van der Waals surface area contributed by atoms with Crippen LogP contribution in [0.2, 0.25) is 5.02 Å². The van der Waals surface area contributed by atoms with Crippen molar-refractivity contribution < 1.29 is 28.9 Å². The van der Waals surface area contributed by atoms with Crippen LogP contribution in [-0.4, -0.2) is 38.3 Å². The van der Waals surface area contributed by atoms with Crippen molar-refractivity contribution in [3.05, 3.63) is 39.9 Å². The van der Waals surface area contributed by atoms with Gasteiger partial charge in [0.1, 0.15) is 0 Å². The molecular weight excluding hydrogens is 398 g/mol. The number of carboxylic acid groups (broad SMARTS) is 1. The third kappa shape index (κ3) is 3.58. The Morgan fingerprint density at radius 2 is 1.76 bits per heavy atom. The van der Waals surface area contributed by atoms with Crippen LogP contribution in [0.3, 0.4) is 0 Å². The highest BCUT2D eigenvalue weighted by atomic mass is 35.5. The fourth-order valence-corrected chi connectivity index (χ4v) is 4.19. The number of ether oxygens (including phenoxy) is 3. The largest absolute Gasteiger partial charge is 0.492 e. The summed E-state index contributed by atoms with van der Waals surface area (Å²) in [7, 11) is 4.51. The lowest BCUT2D eigenvalue weighted by Crippen LogP contribution is -2.26. The molecule has 1 atom stereocenters. The Balaban J connectivity index is 2.39. The molecule has 1 aliphatic carbocycles. The summed E-state index contributed by atoms with van der Waals surface area (Å²) >= 11 is 6.67. The van der Waals surface area contributed by atoms with E-state index >= 15 is 0 Å². The Morgan fingerprint density at radius 1 is 1.10 bits per heavy atom. The minimum atomic E-state index is -1.05. The lowest BCUT2D eigenvalue weighted by molar-refractivity contribution is -0.119. The van der Waals surface area contributed by atoms with Crippen LogP contribution in [0.25, 0.3) is 11.1 Å². The lowest BCUT2D eigenvalue weighted by atomic mass is 9.92. The molecule has 0 radical (unpaired) electrons. The Hall–Kier alpha value is -2.93. The standard InChI is InChI=1S/C21H22ClNO6/c1-10(24)23-15-8-7-13-16(12-6-5-11(21(25)26)9-14(12)15)18(27-2)20(29-4)19(28-3)17(13)22/h5-6,9,15H,7-8H2,1-4H3,(H,23,24)(H,25,26)/t15-/m0/s1. The second kappa shape index (κ2) is 8.21. The van der Waals surface area contributed by atoms with Crippen molar-refractivity contribution >= 4 is 23.5 Å². The van der Waals surface area contributed by atoms with Crippen LogP contribution < -0.4 is 19.5 Å². The highest BCUT2D eigenvalue weighted by Crippen LogP contribution is 2.54. The Bertz CT molecular complexity index is 988. The first-order chi connectivity index (χ1) is 13.8. The van der Waals surface area contributed by atoms with E-state index in [0.29, 0.717) is 46.2 Å². The number of hydrogen-bond acceptors (Lipinski definition) is 5. The number of amides is 1. The normalized spacial score (nSPS) is 14.9. The highest BCUT2D eigenvalue weighted by Gasteiger charge is 2.32. The summed E-state index contributed by atoms with van der Waals surface area (Å²) in [6.45, 7) is 1.43. The number of methoxy groups -OCH3 is 3. The summed E-state index contributed by atoms with van der Waals surface area (Å²) in [6.07, 6.45) is 1.05. The van der Waals surface area contributed by atoms with Gasteiger partial charge in [-0.05, 0) is 41.7 Å². The molecule has 3 rings (SSSR count). The number of carbonyl (C=O) groups excluding carboxylic acids is 1. The molecular formula is C21H22ClNO6. The Labute approximate surface area is 173 Å². The lowest BCUT2D eigenvalue weighted by Gasteiger charge is -2.22. The number of nitrogens with one attached hydrogen (secondary N) is 1. The molecule has 0 aliphatic heterocycles. The number of halogens is 1. The molecule has 0 bridgehead atoms. The van der Waals surface area contributed by atoms with Crippen LogP contribution in [0, 0.1) is 0 Å². The maximum atomic E-state index is 11.8. The number of benzene rings is 2. The monoisotopic (exact) mass is 419 g/mol. The number of hydrogen-bond donors (Lipinski definition) is 2. The van der Waals surface area contributed by atoms with E-state index in [9.17, 15) is 14.7 Å². The predicted molar refractivity (Wildman–Crippen MR) is 108 cm³/mol. The molecule has 0 fully saturated rings.